The molecule has 1 aromatic carbocycles. The highest BCUT2D eigenvalue weighted by Gasteiger charge is 2.20. The summed E-state index contributed by atoms with van der Waals surface area (Å²) in [5.41, 5.74) is 6.42. The number of nitrogens with one attached hydrogen (secondary N) is 3. The quantitative estimate of drug-likeness (QED) is 0.0991. The molecular weight excluding hydrogens is 500 g/mol. The van der Waals surface area contributed by atoms with Crippen LogP contribution in [0.1, 0.15) is 115 Å². The first-order chi connectivity index (χ1) is 19.7. The summed E-state index contributed by atoms with van der Waals surface area (Å²) in [5.74, 6) is -0.363. The minimum absolute atomic E-state index is 0.160. The number of carbonyl (C=O) groups is 2. The molecule has 0 fully saturated rings. The number of carbonyl (C=O) groups excluding carboxylic acids is 2. The number of rotatable bonds is 28. The van der Waals surface area contributed by atoms with Crippen molar-refractivity contribution in [3.63, 3.8) is 0 Å². The SMILES string of the molecule is CCCCCCCCCCCCCCCCCCNCC(=O)N[C@@H](Cc1ccccc1)C(=O)NCCOCCN. The average molecular weight is 561 g/mol. The molecule has 5 N–H and O–H groups in total. The van der Waals surface area contributed by atoms with Gasteiger partial charge in [-0.1, -0.05) is 134 Å². The zero-order chi connectivity index (χ0) is 28.9. The summed E-state index contributed by atoms with van der Waals surface area (Å²) in [5, 5.41) is 8.99. The van der Waals surface area contributed by atoms with Crippen LogP contribution in [0.25, 0.3) is 0 Å². The normalized spacial score (nSPS) is 11.8. The Morgan fingerprint density at radius 2 is 1.30 bits per heavy atom. The Kier molecular flexibility index (Phi) is 24.5. The molecule has 0 bridgehead atoms. The molecule has 0 spiro atoms. The number of benzene rings is 1. The largest absolute Gasteiger partial charge is 0.378 e. The van der Waals surface area contributed by atoms with E-state index in [4.69, 9.17) is 10.5 Å². The molecule has 0 saturated carbocycles. The molecule has 2 amide bonds. The van der Waals surface area contributed by atoms with E-state index in [1.54, 1.807) is 0 Å². The molecule has 0 unspecified atom stereocenters. The number of amides is 2. The van der Waals surface area contributed by atoms with Crippen LogP contribution in [0, 0.1) is 0 Å². The zero-order valence-electron chi connectivity index (χ0n) is 25.5. The fraction of sp³-hybridized carbons (Fsp3) is 0.758. The van der Waals surface area contributed by atoms with Gasteiger partial charge in [-0.15, -0.1) is 0 Å². The van der Waals surface area contributed by atoms with E-state index in [0.29, 0.717) is 32.7 Å². The molecule has 7 nitrogen and oxygen atoms in total. The highest BCUT2D eigenvalue weighted by atomic mass is 16.5. The van der Waals surface area contributed by atoms with Crippen molar-refractivity contribution >= 4 is 11.8 Å². The molecule has 0 aliphatic heterocycles. The van der Waals surface area contributed by atoms with Gasteiger partial charge in [-0.3, -0.25) is 9.59 Å². The summed E-state index contributed by atoms with van der Waals surface area (Å²) < 4.78 is 5.32. The first kappa shape index (κ1) is 36.1. The van der Waals surface area contributed by atoms with Gasteiger partial charge in [-0.05, 0) is 18.5 Å². The van der Waals surface area contributed by atoms with E-state index >= 15 is 0 Å². The number of unbranched alkanes of at least 4 members (excludes halogenated alkanes) is 15. The first-order valence-corrected chi connectivity index (χ1v) is 16.3. The summed E-state index contributed by atoms with van der Waals surface area (Å²) in [7, 11) is 0. The summed E-state index contributed by atoms with van der Waals surface area (Å²) in [6.07, 6.45) is 22.1. The number of hydrogen-bond donors (Lipinski definition) is 4. The van der Waals surface area contributed by atoms with Crippen LogP contribution in [0.5, 0.6) is 0 Å². The fourth-order valence-electron chi connectivity index (χ4n) is 4.86. The van der Waals surface area contributed by atoms with E-state index in [1.807, 2.05) is 30.3 Å². The third-order valence-corrected chi connectivity index (χ3v) is 7.23. The van der Waals surface area contributed by atoms with Crippen LogP contribution < -0.4 is 21.7 Å². The molecule has 0 saturated heterocycles. The number of nitrogens with two attached hydrogens (primary N) is 1. The molecule has 7 heteroatoms. The molecule has 1 atom stereocenters. The molecule has 0 aromatic heterocycles. The maximum atomic E-state index is 12.7. The van der Waals surface area contributed by atoms with E-state index in [0.717, 1.165) is 18.5 Å². The van der Waals surface area contributed by atoms with Crippen LogP contribution in [0.3, 0.4) is 0 Å². The van der Waals surface area contributed by atoms with Gasteiger partial charge < -0.3 is 26.4 Å². The molecule has 1 rings (SSSR count). The van der Waals surface area contributed by atoms with E-state index in [9.17, 15) is 9.59 Å². The van der Waals surface area contributed by atoms with Crippen molar-refractivity contribution in [1.29, 1.82) is 0 Å². The van der Waals surface area contributed by atoms with Crippen molar-refractivity contribution in [3.05, 3.63) is 35.9 Å². The van der Waals surface area contributed by atoms with Crippen LogP contribution in [0.15, 0.2) is 30.3 Å². The van der Waals surface area contributed by atoms with E-state index < -0.39 is 6.04 Å². The van der Waals surface area contributed by atoms with Gasteiger partial charge in [0, 0.05) is 19.5 Å². The van der Waals surface area contributed by atoms with Crippen molar-refractivity contribution in [2.24, 2.45) is 5.73 Å². The predicted molar refractivity (Wildman–Crippen MR) is 167 cm³/mol. The summed E-state index contributed by atoms with van der Waals surface area (Å²) in [4.78, 5) is 25.3. The van der Waals surface area contributed by atoms with Gasteiger partial charge in [0.05, 0.1) is 19.8 Å². The van der Waals surface area contributed by atoms with Crippen LogP contribution >= 0.6 is 0 Å². The lowest BCUT2D eigenvalue weighted by Gasteiger charge is -2.19. The monoisotopic (exact) mass is 560 g/mol. The highest BCUT2D eigenvalue weighted by molar-refractivity contribution is 5.88. The lowest BCUT2D eigenvalue weighted by molar-refractivity contribution is -0.128. The fourth-order valence-corrected chi connectivity index (χ4v) is 4.86. The molecule has 0 aliphatic rings. The van der Waals surface area contributed by atoms with Gasteiger partial charge in [0.1, 0.15) is 6.04 Å². The van der Waals surface area contributed by atoms with Crippen molar-refractivity contribution in [3.8, 4) is 0 Å². The summed E-state index contributed by atoms with van der Waals surface area (Å²) >= 11 is 0. The maximum absolute atomic E-state index is 12.7. The highest BCUT2D eigenvalue weighted by Crippen LogP contribution is 2.13. The number of ether oxygens (including phenoxy) is 1. The summed E-state index contributed by atoms with van der Waals surface area (Å²) in [6.45, 7) is 5.02. The van der Waals surface area contributed by atoms with Crippen LogP contribution in [0.2, 0.25) is 0 Å². The lowest BCUT2D eigenvalue weighted by atomic mass is 10.0. The van der Waals surface area contributed by atoms with Gasteiger partial charge in [0.15, 0.2) is 0 Å². The molecular formula is C33H60N4O3. The second-order valence-corrected chi connectivity index (χ2v) is 11.0. The predicted octanol–water partition coefficient (Wildman–Crippen LogP) is 5.66. The van der Waals surface area contributed by atoms with Crippen LogP contribution in [0.4, 0.5) is 0 Å². The van der Waals surface area contributed by atoms with Gasteiger partial charge in [-0.2, -0.15) is 0 Å². The minimum atomic E-state index is -0.623. The Morgan fingerprint density at radius 3 is 1.85 bits per heavy atom. The minimum Gasteiger partial charge on any atom is -0.378 e. The molecule has 40 heavy (non-hydrogen) atoms. The Labute approximate surface area is 245 Å². The molecule has 0 heterocycles. The van der Waals surface area contributed by atoms with Crippen molar-refractivity contribution in [2.45, 2.75) is 122 Å². The second-order valence-electron chi connectivity index (χ2n) is 11.0. The van der Waals surface area contributed by atoms with Crippen LogP contribution in [-0.4, -0.2) is 57.2 Å². The molecule has 0 aliphatic carbocycles. The molecule has 0 radical (unpaired) electrons. The third kappa shape index (κ3) is 21.8. The second kappa shape index (κ2) is 27.2. The lowest BCUT2D eigenvalue weighted by Crippen LogP contribution is -2.50. The Hall–Kier alpha value is -1.96. The Balaban J connectivity index is 2.06. The van der Waals surface area contributed by atoms with Gasteiger partial charge in [0.25, 0.3) is 0 Å². The molecule has 230 valence electrons. The first-order valence-electron chi connectivity index (χ1n) is 16.3. The van der Waals surface area contributed by atoms with Crippen LogP contribution in [-0.2, 0) is 20.7 Å². The van der Waals surface area contributed by atoms with E-state index in [1.165, 1.54) is 96.3 Å². The smallest absolute Gasteiger partial charge is 0.243 e. The average Bonchev–Trinajstić information content (AvgIpc) is 2.96. The zero-order valence-corrected chi connectivity index (χ0v) is 25.5. The van der Waals surface area contributed by atoms with Crippen molar-refractivity contribution in [1.82, 2.24) is 16.0 Å². The standard InChI is InChI=1S/C33H60N4O3/c1-2-3-4-5-6-7-8-9-10-11-12-13-14-15-16-20-24-35-29-32(38)37-31(28-30-21-18-17-19-22-30)33(39)36-25-27-40-26-23-34/h17-19,21-22,31,35H,2-16,20,23-29,34H2,1H3,(H,36,39)(H,37,38)/t31-/m0/s1. The van der Waals surface area contributed by atoms with Crippen molar-refractivity contribution in [2.75, 3.05) is 39.4 Å². The molecule has 1 aromatic rings. The summed E-state index contributed by atoms with van der Waals surface area (Å²) in [6, 6.07) is 9.12. The van der Waals surface area contributed by atoms with Gasteiger partial charge in [0.2, 0.25) is 11.8 Å². The van der Waals surface area contributed by atoms with E-state index in [2.05, 4.69) is 22.9 Å². The van der Waals surface area contributed by atoms with Crippen molar-refractivity contribution < 1.29 is 14.3 Å². The van der Waals surface area contributed by atoms with E-state index in [-0.39, 0.29) is 18.4 Å². The third-order valence-electron chi connectivity index (χ3n) is 7.23. The van der Waals surface area contributed by atoms with Gasteiger partial charge in [-0.25, -0.2) is 0 Å². The van der Waals surface area contributed by atoms with Gasteiger partial charge >= 0.3 is 0 Å². The Morgan fingerprint density at radius 1 is 0.750 bits per heavy atom. The maximum Gasteiger partial charge on any atom is 0.243 e. The number of hydrogen-bond acceptors (Lipinski definition) is 5. The Bertz CT molecular complexity index is 717. The topological polar surface area (TPSA) is 105 Å².